The van der Waals surface area contributed by atoms with Crippen molar-refractivity contribution >= 4 is 34.0 Å². The largest absolute Gasteiger partial charge is 0.353 e. The van der Waals surface area contributed by atoms with Gasteiger partial charge in [-0.25, -0.2) is 0 Å². The van der Waals surface area contributed by atoms with Crippen LogP contribution in [0.3, 0.4) is 0 Å². The molecule has 0 saturated carbocycles. The van der Waals surface area contributed by atoms with Crippen molar-refractivity contribution in [2.45, 2.75) is 5.75 Å². The van der Waals surface area contributed by atoms with Crippen LogP contribution in [0.2, 0.25) is 0 Å². The molecule has 4 nitrogen and oxygen atoms in total. The maximum atomic E-state index is 9.30. The van der Waals surface area contributed by atoms with Crippen molar-refractivity contribution in [2.24, 2.45) is 0 Å². The summed E-state index contributed by atoms with van der Waals surface area (Å²) in [5.41, 5.74) is 3.95. The number of benzene rings is 2. The highest BCUT2D eigenvalue weighted by Crippen LogP contribution is 2.28. The number of nitriles is 1. The van der Waals surface area contributed by atoms with Crippen LogP contribution in [0.15, 0.2) is 48.5 Å². The number of hydrogen-bond acceptors (Lipinski definition) is 5. The van der Waals surface area contributed by atoms with Crippen molar-refractivity contribution in [3.63, 3.8) is 0 Å². The van der Waals surface area contributed by atoms with Crippen LogP contribution < -0.4 is 5.32 Å². The van der Waals surface area contributed by atoms with Crippen LogP contribution in [0.25, 0.3) is 10.9 Å². The van der Waals surface area contributed by atoms with Crippen molar-refractivity contribution < 1.29 is 0 Å². The molecule has 0 atom stereocenters. The molecule has 1 aromatic heterocycles. The van der Waals surface area contributed by atoms with Gasteiger partial charge in [0.1, 0.15) is 6.07 Å². The molecule has 1 heterocycles. The van der Waals surface area contributed by atoms with E-state index in [0.29, 0.717) is 11.4 Å². The molecule has 0 amide bonds. The highest BCUT2D eigenvalue weighted by molar-refractivity contribution is 7.97. The summed E-state index contributed by atoms with van der Waals surface area (Å²) in [6.07, 6.45) is 2.08. The highest BCUT2D eigenvalue weighted by Gasteiger charge is 2.10. The Labute approximate surface area is 133 Å². The molecular weight excluding hydrogens is 292 g/mol. The van der Waals surface area contributed by atoms with E-state index in [-0.39, 0.29) is 0 Å². The minimum atomic E-state index is 0.300. The molecule has 2 aromatic carbocycles. The van der Waals surface area contributed by atoms with Crippen LogP contribution in [0, 0.1) is 11.3 Å². The van der Waals surface area contributed by atoms with Crippen molar-refractivity contribution in [3.05, 3.63) is 59.8 Å². The van der Waals surface area contributed by atoms with Crippen LogP contribution in [0.4, 0.5) is 11.4 Å². The summed E-state index contributed by atoms with van der Waals surface area (Å²) in [4.78, 5) is 0. The standard InChI is InChI=1S/C17H14N4S/c1-22-11-12-5-4-6-13(9-12)19-17-14-7-2-3-8-15(14)20-21-16(17)10-18/h2-9H,11H2,1H3,(H,19,20). The fourth-order valence-electron chi connectivity index (χ4n) is 2.31. The van der Waals surface area contributed by atoms with E-state index in [2.05, 4.69) is 40.0 Å². The van der Waals surface area contributed by atoms with Crippen LogP contribution >= 0.6 is 11.8 Å². The van der Waals surface area contributed by atoms with Gasteiger partial charge in [-0.05, 0) is 30.0 Å². The molecule has 0 aliphatic rings. The van der Waals surface area contributed by atoms with Gasteiger partial charge in [-0.2, -0.15) is 17.0 Å². The second kappa shape index (κ2) is 6.46. The number of nitrogens with zero attached hydrogens (tertiary/aromatic N) is 3. The molecule has 5 heteroatoms. The Morgan fingerprint density at radius 3 is 2.82 bits per heavy atom. The third-order valence-electron chi connectivity index (χ3n) is 3.28. The monoisotopic (exact) mass is 306 g/mol. The first-order valence-electron chi connectivity index (χ1n) is 6.82. The van der Waals surface area contributed by atoms with Crippen molar-refractivity contribution in [1.29, 1.82) is 5.26 Å². The van der Waals surface area contributed by atoms with Crippen molar-refractivity contribution in [3.8, 4) is 6.07 Å². The van der Waals surface area contributed by atoms with Gasteiger partial charge >= 0.3 is 0 Å². The smallest absolute Gasteiger partial charge is 0.187 e. The summed E-state index contributed by atoms with van der Waals surface area (Å²) in [6.45, 7) is 0. The average Bonchev–Trinajstić information content (AvgIpc) is 2.56. The molecule has 108 valence electrons. The Balaban J connectivity index is 2.06. The van der Waals surface area contributed by atoms with E-state index in [1.807, 2.05) is 36.4 Å². The van der Waals surface area contributed by atoms with Gasteiger partial charge in [-0.3, -0.25) is 0 Å². The van der Waals surface area contributed by atoms with E-state index in [4.69, 9.17) is 0 Å². The number of fused-ring (bicyclic) bond motifs is 1. The quantitative estimate of drug-likeness (QED) is 0.786. The second-order valence-corrected chi connectivity index (χ2v) is 5.68. The van der Waals surface area contributed by atoms with Gasteiger partial charge in [0.25, 0.3) is 0 Å². The second-order valence-electron chi connectivity index (χ2n) is 4.81. The van der Waals surface area contributed by atoms with Crippen molar-refractivity contribution in [2.75, 3.05) is 11.6 Å². The summed E-state index contributed by atoms with van der Waals surface area (Å²) in [5.74, 6) is 0.954. The first-order valence-corrected chi connectivity index (χ1v) is 8.21. The van der Waals surface area contributed by atoms with E-state index in [9.17, 15) is 5.26 Å². The molecule has 0 aliphatic carbocycles. The predicted octanol–water partition coefficient (Wildman–Crippen LogP) is 4.11. The van der Waals surface area contributed by atoms with Crippen LogP contribution in [0.1, 0.15) is 11.3 Å². The van der Waals surface area contributed by atoms with Gasteiger partial charge in [0.2, 0.25) is 0 Å². The zero-order chi connectivity index (χ0) is 15.4. The Morgan fingerprint density at radius 2 is 2.00 bits per heavy atom. The van der Waals surface area contributed by atoms with Gasteiger partial charge in [-0.1, -0.05) is 30.3 Å². The molecule has 3 aromatic rings. The van der Waals surface area contributed by atoms with Crippen molar-refractivity contribution in [1.82, 2.24) is 10.2 Å². The SMILES string of the molecule is CSCc1cccc(Nc2c(C#N)nnc3ccccc23)c1. The fourth-order valence-corrected chi connectivity index (χ4v) is 2.82. The molecule has 22 heavy (non-hydrogen) atoms. The normalized spacial score (nSPS) is 10.4. The van der Waals surface area contributed by atoms with E-state index >= 15 is 0 Å². The Hall–Kier alpha value is -2.58. The van der Waals surface area contributed by atoms with Crippen LogP contribution in [-0.4, -0.2) is 16.5 Å². The number of nitrogens with one attached hydrogen (secondary N) is 1. The lowest BCUT2D eigenvalue weighted by Crippen LogP contribution is -2.00. The number of aromatic nitrogens is 2. The van der Waals surface area contributed by atoms with E-state index in [1.54, 1.807) is 11.8 Å². The molecule has 0 fully saturated rings. The third kappa shape index (κ3) is 2.87. The molecule has 0 saturated heterocycles. The maximum Gasteiger partial charge on any atom is 0.187 e. The topological polar surface area (TPSA) is 61.6 Å². The minimum absolute atomic E-state index is 0.300. The summed E-state index contributed by atoms with van der Waals surface area (Å²) >= 11 is 1.78. The molecule has 3 rings (SSSR count). The summed E-state index contributed by atoms with van der Waals surface area (Å²) < 4.78 is 0. The van der Waals surface area contributed by atoms with E-state index in [1.165, 1.54) is 5.56 Å². The average molecular weight is 306 g/mol. The Morgan fingerprint density at radius 1 is 1.14 bits per heavy atom. The van der Waals surface area contributed by atoms with Gasteiger partial charge in [0.05, 0.1) is 11.2 Å². The maximum absolute atomic E-state index is 9.30. The predicted molar refractivity (Wildman–Crippen MR) is 91.2 cm³/mol. The molecule has 1 N–H and O–H groups in total. The molecule has 0 radical (unpaired) electrons. The summed E-state index contributed by atoms with van der Waals surface area (Å²) in [7, 11) is 0. The molecule has 0 bridgehead atoms. The molecule has 0 aliphatic heterocycles. The minimum Gasteiger partial charge on any atom is -0.353 e. The lowest BCUT2D eigenvalue weighted by Gasteiger charge is -2.11. The van der Waals surface area contributed by atoms with Crippen LogP contribution in [-0.2, 0) is 5.75 Å². The zero-order valence-electron chi connectivity index (χ0n) is 12.1. The molecule has 0 unspecified atom stereocenters. The number of rotatable bonds is 4. The number of thioether (sulfide) groups is 1. The van der Waals surface area contributed by atoms with E-state index in [0.717, 1.165) is 22.3 Å². The first kappa shape index (κ1) is 14.4. The lowest BCUT2D eigenvalue weighted by molar-refractivity contribution is 1.05. The zero-order valence-corrected chi connectivity index (χ0v) is 12.9. The van der Waals surface area contributed by atoms with Gasteiger partial charge in [-0.15, -0.1) is 10.2 Å². The van der Waals surface area contributed by atoms with Gasteiger partial charge in [0, 0.05) is 16.8 Å². The first-order chi connectivity index (χ1) is 10.8. The molecular formula is C17H14N4S. The Kier molecular flexibility index (Phi) is 4.22. The number of hydrogen-bond donors (Lipinski definition) is 1. The Bertz CT molecular complexity index is 855. The van der Waals surface area contributed by atoms with Crippen LogP contribution in [0.5, 0.6) is 0 Å². The lowest BCUT2D eigenvalue weighted by atomic mass is 10.1. The van der Waals surface area contributed by atoms with Gasteiger partial charge < -0.3 is 5.32 Å². The van der Waals surface area contributed by atoms with E-state index < -0.39 is 0 Å². The fraction of sp³-hybridized carbons (Fsp3) is 0.118. The highest BCUT2D eigenvalue weighted by atomic mass is 32.2. The third-order valence-corrected chi connectivity index (χ3v) is 3.90. The summed E-state index contributed by atoms with van der Waals surface area (Å²) in [5, 5.41) is 21.6. The number of anilines is 2. The summed E-state index contributed by atoms with van der Waals surface area (Å²) in [6, 6.07) is 18.0. The van der Waals surface area contributed by atoms with Gasteiger partial charge in [0.15, 0.2) is 5.69 Å². The molecule has 0 spiro atoms.